The zero-order valence-electron chi connectivity index (χ0n) is 6.91. The molecule has 0 saturated carbocycles. The van der Waals surface area contributed by atoms with Crippen molar-refractivity contribution < 1.29 is 18.8 Å². The highest BCUT2D eigenvalue weighted by Crippen LogP contribution is 2.19. The Hall–Kier alpha value is -1.57. The molecule has 8 heteroatoms. The molecule has 0 aliphatic carbocycles. The van der Waals surface area contributed by atoms with E-state index in [4.69, 9.17) is 5.11 Å². The lowest BCUT2D eigenvalue weighted by Gasteiger charge is -2.08. The summed E-state index contributed by atoms with van der Waals surface area (Å²) in [6.45, 7) is -1.31. The van der Waals surface area contributed by atoms with Gasteiger partial charge in [-0.15, -0.1) is 0 Å². The van der Waals surface area contributed by atoms with Gasteiger partial charge in [0, 0.05) is 0 Å². The monoisotopic (exact) mass is 207 g/mol. The van der Waals surface area contributed by atoms with E-state index in [1.165, 1.54) is 0 Å². The first-order valence-electron chi connectivity index (χ1n) is 3.62. The van der Waals surface area contributed by atoms with Crippen LogP contribution in [0.2, 0.25) is 0 Å². The number of alkyl halides is 2. The number of H-pyrrole nitrogens is 1. The zero-order chi connectivity index (χ0) is 10.8. The van der Waals surface area contributed by atoms with Crippen molar-refractivity contribution in [2.75, 3.05) is 6.61 Å². The second-order valence-corrected chi connectivity index (χ2v) is 2.66. The molecule has 0 saturated heterocycles. The summed E-state index contributed by atoms with van der Waals surface area (Å²) >= 11 is 0. The van der Waals surface area contributed by atoms with Crippen LogP contribution in [0.15, 0.2) is 6.20 Å². The van der Waals surface area contributed by atoms with E-state index in [-0.39, 0.29) is 5.69 Å². The van der Waals surface area contributed by atoms with Gasteiger partial charge in [-0.3, -0.25) is 0 Å². The molecular weight excluding hydrogens is 200 g/mol. The van der Waals surface area contributed by atoms with Crippen LogP contribution < -0.4 is 0 Å². The third-order valence-corrected chi connectivity index (χ3v) is 1.46. The lowest BCUT2D eigenvalue weighted by atomic mass is 10.2. The molecule has 0 aliphatic rings. The smallest absolute Gasteiger partial charge is 0.390 e. The highest BCUT2D eigenvalue weighted by Gasteiger charge is 2.31. The Morgan fingerprint density at radius 1 is 1.71 bits per heavy atom. The average molecular weight is 207 g/mol. The van der Waals surface area contributed by atoms with E-state index in [2.05, 4.69) is 9.97 Å². The fraction of sp³-hybridized carbons (Fsp3) is 0.500. The molecule has 0 aromatic carbocycles. The molecule has 0 radical (unpaired) electrons. The van der Waals surface area contributed by atoms with E-state index in [0.717, 1.165) is 6.20 Å². The Morgan fingerprint density at radius 2 is 2.36 bits per heavy atom. The van der Waals surface area contributed by atoms with Crippen LogP contribution in [0.5, 0.6) is 0 Å². The molecule has 2 N–H and O–H groups in total. The van der Waals surface area contributed by atoms with Crippen molar-refractivity contribution in [3.05, 3.63) is 22.0 Å². The van der Waals surface area contributed by atoms with E-state index in [9.17, 15) is 18.9 Å². The predicted molar refractivity (Wildman–Crippen MR) is 41.0 cm³/mol. The summed E-state index contributed by atoms with van der Waals surface area (Å²) in [5.41, 5.74) is -0.157. The molecule has 0 spiro atoms. The number of nitrogens with zero attached hydrogens (tertiary/aromatic N) is 2. The minimum Gasteiger partial charge on any atom is -0.390 e. The van der Waals surface area contributed by atoms with E-state index < -0.39 is 29.8 Å². The topological polar surface area (TPSA) is 92.1 Å². The summed E-state index contributed by atoms with van der Waals surface area (Å²) in [4.78, 5) is 14.7. The van der Waals surface area contributed by atoms with Gasteiger partial charge in [0.1, 0.15) is 12.8 Å². The van der Waals surface area contributed by atoms with E-state index >= 15 is 0 Å². The van der Waals surface area contributed by atoms with Gasteiger partial charge in [0.15, 0.2) is 5.69 Å². The van der Waals surface area contributed by atoms with Crippen molar-refractivity contribution in [3.8, 4) is 0 Å². The van der Waals surface area contributed by atoms with Crippen molar-refractivity contribution in [2.45, 2.75) is 12.3 Å². The number of nitrogens with one attached hydrogen (secondary N) is 1. The quantitative estimate of drug-likeness (QED) is 0.555. The number of aliphatic hydroxyl groups is 1. The van der Waals surface area contributed by atoms with Gasteiger partial charge in [-0.25, -0.2) is 13.8 Å². The minimum atomic E-state index is -3.30. The number of halogens is 2. The second-order valence-electron chi connectivity index (χ2n) is 2.66. The maximum absolute atomic E-state index is 12.6. The largest absolute Gasteiger partial charge is 0.432 e. The molecule has 1 heterocycles. The fourth-order valence-corrected chi connectivity index (χ4v) is 0.853. The predicted octanol–water partition coefficient (Wildman–Crippen LogP) is 0.488. The highest BCUT2D eigenvalue weighted by atomic mass is 19.3. The van der Waals surface area contributed by atoms with Crippen LogP contribution in [-0.4, -0.2) is 32.5 Å². The number of aromatic nitrogens is 2. The van der Waals surface area contributed by atoms with Crippen molar-refractivity contribution in [1.82, 2.24) is 9.97 Å². The first kappa shape index (κ1) is 10.5. The molecule has 0 unspecified atom stereocenters. The number of aromatic amines is 1. The van der Waals surface area contributed by atoms with Crippen LogP contribution in [-0.2, 0) is 6.42 Å². The number of aliphatic hydroxyl groups excluding tert-OH is 1. The number of hydrogen-bond acceptors (Lipinski definition) is 4. The van der Waals surface area contributed by atoms with Crippen LogP contribution in [0.4, 0.5) is 14.7 Å². The number of hydrogen-bond donors (Lipinski definition) is 2. The maximum Gasteiger partial charge on any atom is 0.432 e. The zero-order valence-corrected chi connectivity index (χ0v) is 6.91. The Bertz CT molecular complexity index is 339. The SMILES string of the molecule is O=[N+]([O-])c1nc(CC(F)(F)CO)c[nH]1. The van der Waals surface area contributed by atoms with Crippen molar-refractivity contribution in [3.63, 3.8) is 0 Å². The molecule has 1 aromatic rings. The lowest BCUT2D eigenvalue weighted by Crippen LogP contribution is -2.24. The van der Waals surface area contributed by atoms with Gasteiger partial charge in [-0.05, 0) is 4.92 Å². The maximum atomic E-state index is 12.6. The highest BCUT2D eigenvalue weighted by molar-refractivity contribution is 5.12. The molecule has 0 atom stereocenters. The van der Waals surface area contributed by atoms with Crippen LogP contribution in [0.3, 0.4) is 0 Å². The molecule has 14 heavy (non-hydrogen) atoms. The summed E-state index contributed by atoms with van der Waals surface area (Å²) in [5.74, 6) is -3.89. The Kier molecular flexibility index (Phi) is 2.75. The Balaban J connectivity index is 2.73. The summed E-state index contributed by atoms with van der Waals surface area (Å²) in [6, 6.07) is 0. The van der Waals surface area contributed by atoms with Gasteiger partial charge in [0.25, 0.3) is 5.92 Å². The van der Waals surface area contributed by atoms with E-state index in [1.54, 1.807) is 0 Å². The number of imidazole rings is 1. The molecule has 0 bridgehead atoms. The molecule has 78 valence electrons. The van der Waals surface area contributed by atoms with Crippen LogP contribution in [0.25, 0.3) is 0 Å². The summed E-state index contributed by atoms with van der Waals surface area (Å²) in [5, 5.41) is 18.4. The van der Waals surface area contributed by atoms with Crippen LogP contribution in [0.1, 0.15) is 5.69 Å². The second kappa shape index (κ2) is 3.66. The van der Waals surface area contributed by atoms with Gasteiger partial charge in [0.05, 0.1) is 6.42 Å². The molecular formula is C6H7F2N3O3. The molecule has 0 fully saturated rings. The normalized spacial score (nSPS) is 11.6. The average Bonchev–Trinajstić information content (AvgIpc) is 2.52. The molecule has 1 aromatic heterocycles. The lowest BCUT2D eigenvalue weighted by molar-refractivity contribution is -0.393. The number of nitro groups is 1. The Labute approximate surface area is 76.7 Å². The van der Waals surface area contributed by atoms with Crippen molar-refractivity contribution in [2.24, 2.45) is 0 Å². The molecule has 0 aliphatic heterocycles. The van der Waals surface area contributed by atoms with Gasteiger partial charge >= 0.3 is 5.95 Å². The standard InChI is InChI=1S/C6H7F2N3O3/c7-6(8,3-12)1-4-2-9-5(10-4)11(13)14/h2,12H,1,3H2,(H,9,10). The molecule has 0 amide bonds. The Morgan fingerprint density at radius 3 is 2.79 bits per heavy atom. The van der Waals surface area contributed by atoms with E-state index in [0.29, 0.717) is 0 Å². The number of rotatable bonds is 4. The molecule has 1 rings (SSSR count). The van der Waals surface area contributed by atoms with Gasteiger partial charge in [0.2, 0.25) is 0 Å². The summed E-state index contributed by atoms with van der Waals surface area (Å²) < 4.78 is 25.2. The third-order valence-electron chi connectivity index (χ3n) is 1.46. The van der Waals surface area contributed by atoms with Gasteiger partial charge in [-0.2, -0.15) is 0 Å². The van der Waals surface area contributed by atoms with Crippen LogP contribution in [0, 0.1) is 10.1 Å². The fourth-order valence-electron chi connectivity index (χ4n) is 0.853. The third kappa shape index (κ3) is 2.46. The van der Waals surface area contributed by atoms with Gasteiger partial charge in [-0.1, -0.05) is 4.98 Å². The van der Waals surface area contributed by atoms with Crippen LogP contribution >= 0.6 is 0 Å². The van der Waals surface area contributed by atoms with E-state index in [1.807, 2.05) is 0 Å². The molecule has 6 nitrogen and oxygen atoms in total. The first-order chi connectivity index (χ1) is 6.44. The first-order valence-corrected chi connectivity index (χ1v) is 3.62. The summed E-state index contributed by atoms with van der Waals surface area (Å²) in [7, 11) is 0. The van der Waals surface area contributed by atoms with Crippen molar-refractivity contribution in [1.29, 1.82) is 0 Å². The van der Waals surface area contributed by atoms with Gasteiger partial charge < -0.3 is 15.2 Å². The minimum absolute atomic E-state index is 0.157. The van der Waals surface area contributed by atoms with Crippen molar-refractivity contribution >= 4 is 5.95 Å². The summed E-state index contributed by atoms with van der Waals surface area (Å²) in [6.07, 6.45) is 0.190.